The predicted octanol–water partition coefficient (Wildman–Crippen LogP) is 1.80. The highest BCUT2D eigenvalue weighted by Crippen LogP contribution is 2.26. The van der Waals surface area contributed by atoms with Crippen molar-refractivity contribution >= 4 is 28.2 Å². The van der Waals surface area contributed by atoms with Crippen molar-refractivity contribution in [1.82, 2.24) is 9.55 Å². The fraction of sp³-hybridized carbons (Fsp3) is 0.417. The Bertz CT molecular complexity index is 550. The molecular formula is C12H11BrN2O3. The summed E-state index contributed by atoms with van der Waals surface area (Å²) in [5.41, 5.74) is 0.233. The molecule has 1 fully saturated rings. The monoisotopic (exact) mass is 310 g/mol. The van der Waals surface area contributed by atoms with Gasteiger partial charge in [0.05, 0.1) is 6.54 Å². The molecule has 0 bridgehead atoms. The Morgan fingerprint density at radius 2 is 2.39 bits per heavy atom. The van der Waals surface area contributed by atoms with Gasteiger partial charge in [0.2, 0.25) is 0 Å². The summed E-state index contributed by atoms with van der Waals surface area (Å²) in [6, 6.07) is 0. The van der Waals surface area contributed by atoms with Crippen LogP contribution in [-0.2, 0) is 11.3 Å². The van der Waals surface area contributed by atoms with E-state index in [0.717, 1.165) is 12.8 Å². The molecule has 1 aliphatic carbocycles. The largest absolute Gasteiger partial charge is 0.458 e. The van der Waals surface area contributed by atoms with Gasteiger partial charge >= 0.3 is 5.97 Å². The SMILES string of the molecule is CC#CCn1c(Br)nc(C=O)c1C(=O)OC1CC1. The lowest BCUT2D eigenvalue weighted by atomic mass is 10.3. The second-order valence-electron chi connectivity index (χ2n) is 3.85. The number of nitrogens with zero attached hydrogens (tertiary/aromatic N) is 2. The number of hydrogen-bond donors (Lipinski definition) is 0. The van der Waals surface area contributed by atoms with Crippen LogP contribution in [0.4, 0.5) is 0 Å². The average Bonchev–Trinajstić information content (AvgIpc) is 3.09. The van der Waals surface area contributed by atoms with Crippen molar-refractivity contribution in [2.24, 2.45) is 0 Å². The lowest BCUT2D eigenvalue weighted by molar-refractivity contribution is 0.0458. The molecule has 94 valence electrons. The maximum Gasteiger partial charge on any atom is 0.357 e. The van der Waals surface area contributed by atoms with Crippen LogP contribution in [0, 0.1) is 11.8 Å². The van der Waals surface area contributed by atoms with Crippen molar-refractivity contribution in [3.05, 3.63) is 16.1 Å². The normalized spacial score (nSPS) is 13.7. The molecule has 1 saturated carbocycles. The molecule has 0 N–H and O–H groups in total. The Hall–Kier alpha value is -1.61. The molecule has 1 aromatic rings. The van der Waals surface area contributed by atoms with Gasteiger partial charge in [-0.05, 0) is 35.7 Å². The third-order valence-corrected chi connectivity index (χ3v) is 3.07. The van der Waals surface area contributed by atoms with E-state index < -0.39 is 5.97 Å². The Morgan fingerprint density at radius 3 is 2.94 bits per heavy atom. The predicted molar refractivity (Wildman–Crippen MR) is 67.2 cm³/mol. The number of carbonyl (C=O) groups is 2. The number of esters is 1. The van der Waals surface area contributed by atoms with Gasteiger partial charge in [-0.15, -0.1) is 5.92 Å². The number of imidazole rings is 1. The average molecular weight is 311 g/mol. The number of carbonyl (C=O) groups excluding carboxylic acids is 2. The van der Waals surface area contributed by atoms with Gasteiger partial charge in [-0.2, -0.15) is 0 Å². The summed E-state index contributed by atoms with van der Waals surface area (Å²) < 4.78 is 7.13. The van der Waals surface area contributed by atoms with Crippen molar-refractivity contribution in [2.45, 2.75) is 32.4 Å². The molecule has 6 heteroatoms. The van der Waals surface area contributed by atoms with Crippen molar-refractivity contribution in [3.8, 4) is 11.8 Å². The fourth-order valence-electron chi connectivity index (χ4n) is 1.44. The molecule has 0 unspecified atom stereocenters. The third kappa shape index (κ3) is 2.62. The Labute approximate surface area is 113 Å². The molecular weight excluding hydrogens is 300 g/mol. The highest BCUT2D eigenvalue weighted by molar-refractivity contribution is 9.10. The van der Waals surface area contributed by atoms with E-state index in [1.54, 1.807) is 6.92 Å². The minimum Gasteiger partial charge on any atom is -0.458 e. The molecule has 1 aliphatic rings. The zero-order valence-electron chi connectivity index (χ0n) is 9.77. The maximum absolute atomic E-state index is 12.0. The van der Waals surface area contributed by atoms with Gasteiger partial charge in [-0.25, -0.2) is 9.78 Å². The molecule has 1 heterocycles. The van der Waals surface area contributed by atoms with Crippen molar-refractivity contribution in [3.63, 3.8) is 0 Å². The molecule has 0 atom stereocenters. The molecule has 5 nitrogen and oxygen atoms in total. The van der Waals surface area contributed by atoms with Gasteiger partial charge in [0.1, 0.15) is 11.8 Å². The minimum atomic E-state index is -0.518. The number of rotatable bonds is 4. The van der Waals surface area contributed by atoms with E-state index in [2.05, 4.69) is 32.8 Å². The van der Waals surface area contributed by atoms with Crippen LogP contribution >= 0.6 is 15.9 Å². The zero-order valence-corrected chi connectivity index (χ0v) is 11.4. The van der Waals surface area contributed by atoms with Crippen LogP contribution in [0.15, 0.2) is 4.73 Å². The quantitative estimate of drug-likeness (QED) is 0.483. The highest BCUT2D eigenvalue weighted by atomic mass is 79.9. The van der Waals surface area contributed by atoms with Crippen LogP contribution in [0.3, 0.4) is 0 Å². The molecule has 0 aromatic carbocycles. The van der Waals surface area contributed by atoms with E-state index in [-0.39, 0.29) is 24.0 Å². The van der Waals surface area contributed by atoms with Crippen LogP contribution in [0.25, 0.3) is 0 Å². The highest BCUT2D eigenvalue weighted by Gasteiger charge is 2.30. The van der Waals surface area contributed by atoms with Crippen molar-refractivity contribution < 1.29 is 14.3 Å². The van der Waals surface area contributed by atoms with Crippen LogP contribution in [0.1, 0.15) is 40.7 Å². The number of hydrogen-bond acceptors (Lipinski definition) is 4. The molecule has 18 heavy (non-hydrogen) atoms. The summed E-state index contributed by atoms with van der Waals surface area (Å²) in [4.78, 5) is 26.9. The first-order chi connectivity index (χ1) is 8.67. The standard InChI is InChI=1S/C12H11BrN2O3/c1-2-3-6-15-10(9(7-16)14-12(15)13)11(17)18-8-4-5-8/h7-8H,4-6H2,1H3. The van der Waals surface area contributed by atoms with Crippen LogP contribution < -0.4 is 0 Å². The van der Waals surface area contributed by atoms with Gasteiger partial charge in [0.15, 0.2) is 16.7 Å². The third-order valence-electron chi connectivity index (χ3n) is 2.46. The van der Waals surface area contributed by atoms with Crippen LogP contribution in [-0.4, -0.2) is 27.9 Å². The number of halogens is 1. The fourth-order valence-corrected chi connectivity index (χ4v) is 1.93. The summed E-state index contributed by atoms with van der Waals surface area (Å²) in [5, 5.41) is 0. The first kappa shape index (κ1) is 12.8. The Balaban J connectivity index is 2.35. The van der Waals surface area contributed by atoms with Crippen LogP contribution in [0.2, 0.25) is 0 Å². The smallest absolute Gasteiger partial charge is 0.357 e. The summed E-state index contributed by atoms with van der Waals surface area (Å²) in [6.45, 7) is 1.99. The molecule has 2 rings (SSSR count). The summed E-state index contributed by atoms with van der Waals surface area (Å²) >= 11 is 3.21. The lowest BCUT2D eigenvalue weighted by Gasteiger charge is -2.06. The molecule has 0 radical (unpaired) electrons. The Kier molecular flexibility index (Phi) is 3.82. The van der Waals surface area contributed by atoms with Crippen molar-refractivity contribution in [1.29, 1.82) is 0 Å². The molecule has 0 aliphatic heterocycles. The second-order valence-corrected chi connectivity index (χ2v) is 4.56. The maximum atomic E-state index is 12.0. The second kappa shape index (κ2) is 5.36. The summed E-state index contributed by atoms with van der Waals surface area (Å²) in [6.07, 6.45) is 2.29. The van der Waals surface area contributed by atoms with Gasteiger partial charge in [-0.1, -0.05) is 5.92 Å². The molecule has 0 saturated heterocycles. The topological polar surface area (TPSA) is 61.2 Å². The number of aldehydes is 1. The first-order valence-corrected chi connectivity index (χ1v) is 6.28. The van der Waals surface area contributed by atoms with Gasteiger partial charge in [0, 0.05) is 0 Å². The molecule has 0 spiro atoms. The number of ether oxygens (including phenoxy) is 1. The molecule has 0 amide bonds. The lowest BCUT2D eigenvalue weighted by Crippen LogP contribution is -2.15. The minimum absolute atomic E-state index is 0.0172. The van der Waals surface area contributed by atoms with E-state index in [9.17, 15) is 9.59 Å². The molecule has 1 aromatic heterocycles. The van der Waals surface area contributed by atoms with E-state index in [1.807, 2.05) is 0 Å². The Morgan fingerprint density at radius 1 is 1.67 bits per heavy atom. The van der Waals surface area contributed by atoms with E-state index in [0.29, 0.717) is 11.0 Å². The van der Waals surface area contributed by atoms with Crippen LogP contribution in [0.5, 0.6) is 0 Å². The summed E-state index contributed by atoms with van der Waals surface area (Å²) in [5.74, 6) is 5.04. The van der Waals surface area contributed by atoms with Crippen molar-refractivity contribution in [2.75, 3.05) is 0 Å². The zero-order chi connectivity index (χ0) is 13.1. The van der Waals surface area contributed by atoms with Gasteiger partial charge < -0.3 is 9.30 Å². The van der Waals surface area contributed by atoms with E-state index >= 15 is 0 Å². The van der Waals surface area contributed by atoms with E-state index in [4.69, 9.17) is 4.74 Å². The van der Waals surface area contributed by atoms with Gasteiger partial charge in [0.25, 0.3) is 0 Å². The van der Waals surface area contributed by atoms with Gasteiger partial charge in [-0.3, -0.25) is 4.79 Å². The number of aromatic nitrogens is 2. The first-order valence-electron chi connectivity index (χ1n) is 5.49. The van der Waals surface area contributed by atoms with E-state index in [1.165, 1.54) is 4.57 Å². The summed E-state index contributed by atoms with van der Waals surface area (Å²) in [7, 11) is 0.